The summed E-state index contributed by atoms with van der Waals surface area (Å²) >= 11 is 0. The predicted molar refractivity (Wildman–Crippen MR) is 65.8 cm³/mol. The first-order valence-electron chi connectivity index (χ1n) is 6.05. The molecular formula is C12H22O3S. The van der Waals surface area contributed by atoms with Crippen LogP contribution in [0.3, 0.4) is 0 Å². The Kier molecular flexibility index (Phi) is 4.96. The van der Waals surface area contributed by atoms with Crippen molar-refractivity contribution in [3.05, 3.63) is 0 Å². The molecule has 1 saturated carbocycles. The molecule has 0 radical (unpaired) electrons. The minimum atomic E-state index is -1.00. The number of aliphatic carboxylic acids is 1. The van der Waals surface area contributed by atoms with Gasteiger partial charge in [0, 0.05) is 21.3 Å². The zero-order valence-electron chi connectivity index (χ0n) is 10.3. The van der Waals surface area contributed by atoms with Gasteiger partial charge in [-0.2, -0.15) is 0 Å². The first-order valence-corrected chi connectivity index (χ1v) is 7.33. The van der Waals surface area contributed by atoms with E-state index in [0.29, 0.717) is 5.92 Å². The third-order valence-corrected chi connectivity index (χ3v) is 5.90. The second-order valence-corrected chi connectivity index (χ2v) is 7.12. The average molecular weight is 246 g/mol. The van der Waals surface area contributed by atoms with Crippen molar-refractivity contribution in [3.8, 4) is 0 Å². The second kappa shape index (κ2) is 5.80. The SMILES string of the molecule is CC1CCCC(S(=O)C(C)C(C)C(=O)O)C1. The van der Waals surface area contributed by atoms with Crippen LogP contribution >= 0.6 is 0 Å². The first-order chi connectivity index (χ1) is 7.43. The summed E-state index contributed by atoms with van der Waals surface area (Å²) in [5, 5.41) is 8.88. The lowest BCUT2D eigenvalue weighted by molar-refractivity contribution is -0.141. The summed E-state index contributed by atoms with van der Waals surface area (Å²) in [7, 11) is -1.00. The zero-order chi connectivity index (χ0) is 12.3. The highest BCUT2D eigenvalue weighted by atomic mass is 32.2. The van der Waals surface area contributed by atoms with Gasteiger partial charge in [0.2, 0.25) is 0 Å². The van der Waals surface area contributed by atoms with Gasteiger partial charge in [0.25, 0.3) is 0 Å². The molecule has 0 spiro atoms. The smallest absolute Gasteiger partial charge is 0.307 e. The molecule has 94 valence electrons. The number of carboxylic acid groups (broad SMARTS) is 1. The highest BCUT2D eigenvalue weighted by Crippen LogP contribution is 2.29. The summed E-state index contributed by atoms with van der Waals surface area (Å²) in [5.41, 5.74) is 0. The van der Waals surface area contributed by atoms with Gasteiger partial charge in [-0.05, 0) is 25.7 Å². The van der Waals surface area contributed by atoms with Crippen molar-refractivity contribution < 1.29 is 14.1 Å². The Hall–Kier alpha value is -0.380. The lowest BCUT2D eigenvalue weighted by Crippen LogP contribution is -2.34. The minimum absolute atomic E-state index is 0.209. The lowest BCUT2D eigenvalue weighted by Gasteiger charge is -2.29. The van der Waals surface area contributed by atoms with Crippen molar-refractivity contribution in [2.75, 3.05) is 0 Å². The topological polar surface area (TPSA) is 54.4 Å². The Labute approximate surface area is 100 Å². The molecule has 1 fully saturated rings. The highest BCUT2D eigenvalue weighted by molar-refractivity contribution is 7.86. The van der Waals surface area contributed by atoms with Gasteiger partial charge in [-0.1, -0.05) is 26.7 Å². The van der Waals surface area contributed by atoms with E-state index < -0.39 is 22.7 Å². The molecule has 0 aliphatic heterocycles. The maximum Gasteiger partial charge on any atom is 0.307 e. The quantitative estimate of drug-likeness (QED) is 0.829. The van der Waals surface area contributed by atoms with E-state index in [4.69, 9.17) is 5.11 Å². The van der Waals surface area contributed by atoms with E-state index in [1.165, 1.54) is 6.42 Å². The first kappa shape index (κ1) is 13.7. The monoisotopic (exact) mass is 246 g/mol. The minimum Gasteiger partial charge on any atom is -0.481 e. The van der Waals surface area contributed by atoms with Gasteiger partial charge in [-0.15, -0.1) is 0 Å². The van der Waals surface area contributed by atoms with Crippen molar-refractivity contribution in [2.24, 2.45) is 11.8 Å². The summed E-state index contributed by atoms with van der Waals surface area (Å²) in [6.07, 6.45) is 4.33. The van der Waals surface area contributed by atoms with Gasteiger partial charge in [-0.3, -0.25) is 9.00 Å². The Morgan fingerprint density at radius 1 is 1.38 bits per heavy atom. The molecule has 1 N–H and O–H groups in total. The maximum atomic E-state index is 12.2. The fourth-order valence-electron chi connectivity index (χ4n) is 2.29. The zero-order valence-corrected chi connectivity index (χ0v) is 11.1. The molecular weight excluding hydrogens is 224 g/mol. The summed E-state index contributed by atoms with van der Waals surface area (Å²) in [6, 6.07) is 0. The van der Waals surface area contributed by atoms with E-state index in [1.807, 2.05) is 0 Å². The van der Waals surface area contributed by atoms with Gasteiger partial charge in [0.15, 0.2) is 0 Å². The molecule has 16 heavy (non-hydrogen) atoms. The highest BCUT2D eigenvalue weighted by Gasteiger charge is 2.31. The van der Waals surface area contributed by atoms with E-state index in [0.717, 1.165) is 19.3 Å². The molecule has 0 aromatic rings. The number of rotatable bonds is 4. The van der Waals surface area contributed by atoms with Crippen molar-refractivity contribution in [1.29, 1.82) is 0 Å². The van der Waals surface area contributed by atoms with Crippen molar-refractivity contribution in [2.45, 2.75) is 57.0 Å². The molecule has 0 aromatic heterocycles. The maximum absolute atomic E-state index is 12.2. The fourth-order valence-corrected chi connectivity index (χ4v) is 4.34. The van der Waals surface area contributed by atoms with Crippen LogP contribution in [0.2, 0.25) is 0 Å². The van der Waals surface area contributed by atoms with Crippen LogP contribution in [0, 0.1) is 11.8 Å². The van der Waals surface area contributed by atoms with Crippen LogP contribution in [0.4, 0.5) is 0 Å². The molecule has 0 heterocycles. The Balaban J connectivity index is 2.59. The van der Waals surface area contributed by atoms with Gasteiger partial charge in [-0.25, -0.2) is 0 Å². The van der Waals surface area contributed by atoms with E-state index in [1.54, 1.807) is 13.8 Å². The van der Waals surface area contributed by atoms with Crippen LogP contribution in [0.25, 0.3) is 0 Å². The van der Waals surface area contributed by atoms with Crippen LogP contribution in [0.1, 0.15) is 46.5 Å². The van der Waals surface area contributed by atoms with Crippen molar-refractivity contribution in [3.63, 3.8) is 0 Å². The molecule has 0 aromatic carbocycles. The summed E-state index contributed by atoms with van der Waals surface area (Å²) in [6.45, 7) is 5.64. The lowest BCUT2D eigenvalue weighted by atomic mass is 9.90. The van der Waals surface area contributed by atoms with E-state index in [9.17, 15) is 9.00 Å². The summed E-state index contributed by atoms with van der Waals surface area (Å²) in [5.74, 6) is -0.724. The van der Waals surface area contributed by atoms with Crippen LogP contribution in [0.5, 0.6) is 0 Å². The third kappa shape index (κ3) is 3.30. The third-order valence-electron chi connectivity index (χ3n) is 3.68. The predicted octanol–water partition coefficient (Wildman–Crippen LogP) is 2.42. The van der Waals surface area contributed by atoms with Crippen LogP contribution in [0.15, 0.2) is 0 Å². The van der Waals surface area contributed by atoms with Crippen molar-refractivity contribution >= 4 is 16.8 Å². The molecule has 0 saturated heterocycles. The number of hydrogen-bond donors (Lipinski definition) is 1. The largest absolute Gasteiger partial charge is 0.481 e. The van der Waals surface area contributed by atoms with Crippen LogP contribution < -0.4 is 0 Å². The number of carbonyl (C=O) groups is 1. The van der Waals surface area contributed by atoms with Gasteiger partial charge < -0.3 is 5.11 Å². The van der Waals surface area contributed by atoms with E-state index in [2.05, 4.69) is 6.92 Å². The molecule has 5 unspecified atom stereocenters. The Morgan fingerprint density at radius 2 is 2.00 bits per heavy atom. The normalized spacial score (nSPS) is 31.7. The Bertz CT molecular complexity index is 277. The van der Waals surface area contributed by atoms with Gasteiger partial charge in [0.1, 0.15) is 0 Å². The van der Waals surface area contributed by atoms with Gasteiger partial charge >= 0.3 is 5.97 Å². The van der Waals surface area contributed by atoms with Crippen molar-refractivity contribution in [1.82, 2.24) is 0 Å². The molecule has 3 nitrogen and oxygen atoms in total. The Morgan fingerprint density at radius 3 is 2.50 bits per heavy atom. The summed E-state index contributed by atoms with van der Waals surface area (Å²) < 4.78 is 12.2. The molecule has 1 aliphatic rings. The molecule has 4 heteroatoms. The van der Waals surface area contributed by atoms with E-state index in [-0.39, 0.29) is 10.5 Å². The molecule has 0 amide bonds. The number of carboxylic acids is 1. The molecule has 1 rings (SSSR count). The molecule has 0 bridgehead atoms. The molecule has 5 atom stereocenters. The second-order valence-electron chi connectivity index (χ2n) is 5.05. The van der Waals surface area contributed by atoms with E-state index >= 15 is 0 Å². The molecule has 1 aliphatic carbocycles. The van der Waals surface area contributed by atoms with Crippen LogP contribution in [-0.2, 0) is 15.6 Å². The summed E-state index contributed by atoms with van der Waals surface area (Å²) in [4.78, 5) is 10.9. The fraction of sp³-hybridized carbons (Fsp3) is 0.917. The number of hydrogen-bond acceptors (Lipinski definition) is 2. The van der Waals surface area contributed by atoms with Gasteiger partial charge in [0.05, 0.1) is 5.92 Å². The average Bonchev–Trinajstić information content (AvgIpc) is 2.26. The standard InChI is InChI=1S/C12H22O3S/c1-8-5-4-6-11(7-8)16(15)10(3)9(2)12(13)14/h8-11H,4-7H2,1-3H3,(H,13,14). The van der Waals surface area contributed by atoms with Crippen LogP contribution in [-0.4, -0.2) is 25.8 Å².